The molecule has 0 radical (unpaired) electrons. The first-order chi connectivity index (χ1) is 8.59. The van der Waals surface area contributed by atoms with Gasteiger partial charge in [0.25, 0.3) is 0 Å². The molecule has 1 saturated carbocycles. The van der Waals surface area contributed by atoms with E-state index in [9.17, 15) is 0 Å². The number of rotatable bonds is 3. The summed E-state index contributed by atoms with van der Waals surface area (Å²) in [5.74, 6) is 2.43. The third-order valence-corrected chi connectivity index (χ3v) is 4.11. The van der Waals surface area contributed by atoms with Gasteiger partial charge in [-0.15, -0.1) is 0 Å². The van der Waals surface area contributed by atoms with Gasteiger partial charge in [0, 0.05) is 17.2 Å². The molecule has 0 unspecified atom stereocenters. The highest BCUT2D eigenvalue weighted by Gasteiger charge is 2.34. The van der Waals surface area contributed by atoms with Crippen molar-refractivity contribution in [3.05, 3.63) is 23.8 Å². The Morgan fingerprint density at radius 3 is 2.39 bits per heavy atom. The van der Waals surface area contributed by atoms with Crippen molar-refractivity contribution < 1.29 is 9.47 Å². The van der Waals surface area contributed by atoms with Gasteiger partial charge in [0.05, 0.1) is 14.2 Å². The predicted molar refractivity (Wildman–Crippen MR) is 73.0 cm³/mol. The third kappa shape index (κ3) is 2.46. The standard InChI is InChI=1S/C15H23NO2/c1-11-6-8-15(16,9-7-11)13-5-4-12(17-2)10-14(13)18-3/h4-5,10-11H,6-9,16H2,1-3H3. The fourth-order valence-corrected chi connectivity index (χ4v) is 2.76. The Morgan fingerprint density at radius 2 is 1.83 bits per heavy atom. The van der Waals surface area contributed by atoms with Crippen molar-refractivity contribution in [1.29, 1.82) is 0 Å². The van der Waals surface area contributed by atoms with Gasteiger partial charge in [-0.25, -0.2) is 0 Å². The smallest absolute Gasteiger partial charge is 0.127 e. The van der Waals surface area contributed by atoms with Crippen LogP contribution >= 0.6 is 0 Å². The average Bonchev–Trinajstić information content (AvgIpc) is 2.41. The molecule has 0 aromatic heterocycles. The fourth-order valence-electron chi connectivity index (χ4n) is 2.76. The van der Waals surface area contributed by atoms with E-state index in [1.807, 2.05) is 18.2 Å². The van der Waals surface area contributed by atoms with Crippen LogP contribution in [0.3, 0.4) is 0 Å². The molecule has 3 nitrogen and oxygen atoms in total. The lowest BCUT2D eigenvalue weighted by molar-refractivity contribution is 0.240. The summed E-state index contributed by atoms with van der Waals surface area (Å²) in [5.41, 5.74) is 7.45. The van der Waals surface area contributed by atoms with E-state index in [0.717, 1.165) is 35.8 Å². The molecule has 2 rings (SSSR count). The lowest BCUT2D eigenvalue weighted by atomic mass is 9.73. The van der Waals surface area contributed by atoms with E-state index in [0.29, 0.717) is 0 Å². The van der Waals surface area contributed by atoms with Crippen LogP contribution in [0.25, 0.3) is 0 Å². The zero-order valence-electron chi connectivity index (χ0n) is 11.5. The van der Waals surface area contributed by atoms with Crippen LogP contribution in [0.1, 0.15) is 38.2 Å². The molecule has 1 aliphatic carbocycles. The second-order valence-electron chi connectivity index (χ2n) is 5.40. The van der Waals surface area contributed by atoms with Gasteiger partial charge in [0.2, 0.25) is 0 Å². The Bertz CT molecular complexity index is 409. The third-order valence-electron chi connectivity index (χ3n) is 4.11. The first-order valence-electron chi connectivity index (χ1n) is 6.60. The van der Waals surface area contributed by atoms with Crippen molar-refractivity contribution in [2.75, 3.05) is 14.2 Å². The Kier molecular flexibility index (Phi) is 3.81. The monoisotopic (exact) mass is 249 g/mol. The summed E-state index contributed by atoms with van der Waals surface area (Å²) in [6.45, 7) is 2.30. The Morgan fingerprint density at radius 1 is 1.17 bits per heavy atom. The summed E-state index contributed by atoms with van der Waals surface area (Å²) in [5, 5.41) is 0. The normalized spacial score (nSPS) is 27.9. The molecule has 0 aliphatic heterocycles. The molecular weight excluding hydrogens is 226 g/mol. The molecule has 18 heavy (non-hydrogen) atoms. The van der Waals surface area contributed by atoms with Crippen molar-refractivity contribution in [3.63, 3.8) is 0 Å². The number of ether oxygens (including phenoxy) is 2. The molecule has 0 heterocycles. The van der Waals surface area contributed by atoms with Gasteiger partial charge < -0.3 is 15.2 Å². The Balaban J connectivity index is 2.32. The minimum atomic E-state index is -0.246. The SMILES string of the molecule is COc1ccc(C2(N)CCC(C)CC2)c(OC)c1. The second-order valence-corrected chi connectivity index (χ2v) is 5.40. The number of hydrogen-bond acceptors (Lipinski definition) is 3. The van der Waals surface area contributed by atoms with Gasteiger partial charge in [-0.3, -0.25) is 0 Å². The van der Waals surface area contributed by atoms with Gasteiger partial charge in [0.15, 0.2) is 0 Å². The van der Waals surface area contributed by atoms with Crippen molar-refractivity contribution in [2.24, 2.45) is 11.7 Å². The first kappa shape index (κ1) is 13.2. The molecule has 0 saturated heterocycles. The van der Waals surface area contributed by atoms with E-state index in [1.54, 1.807) is 14.2 Å². The van der Waals surface area contributed by atoms with Crippen LogP contribution in [-0.2, 0) is 5.54 Å². The summed E-state index contributed by atoms with van der Waals surface area (Å²) >= 11 is 0. The quantitative estimate of drug-likeness (QED) is 0.895. The molecule has 3 heteroatoms. The number of hydrogen-bond donors (Lipinski definition) is 1. The molecule has 0 bridgehead atoms. The van der Waals surface area contributed by atoms with Crippen LogP contribution in [0.15, 0.2) is 18.2 Å². The zero-order chi connectivity index (χ0) is 13.2. The van der Waals surface area contributed by atoms with Crippen LogP contribution in [-0.4, -0.2) is 14.2 Å². The topological polar surface area (TPSA) is 44.5 Å². The Labute approximate surface area is 109 Å². The molecule has 1 aliphatic rings. The van der Waals surface area contributed by atoms with Crippen LogP contribution in [0.5, 0.6) is 11.5 Å². The van der Waals surface area contributed by atoms with Crippen LogP contribution < -0.4 is 15.2 Å². The lowest BCUT2D eigenvalue weighted by Crippen LogP contribution is -2.40. The molecule has 0 amide bonds. The lowest BCUT2D eigenvalue weighted by Gasteiger charge is -2.37. The summed E-state index contributed by atoms with van der Waals surface area (Å²) in [6.07, 6.45) is 4.42. The van der Waals surface area contributed by atoms with E-state index in [4.69, 9.17) is 15.2 Å². The Hall–Kier alpha value is -1.22. The molecule has 0 atom stereocenters. The summed E-state index contributed by atoms with van der Waals surface area (Å²) in [7, 11) is 3.35. The maximum atomic E-state index is 6.59. The molecule has 1 fully saturated rings. The van der Waals surface area contributed by atoms with Crippen molar-refractivity contribution >= 4 is 0 Å². The maximum Gasteiger partial charge on any atom is 0.127 e. The van der Waals surface area contributed by atoms with E-state index in [2.05, 4.69) is 6.92 Å². The number of methoxy groups -OCH3 is 2. The molecule has 1 aromatic carbocycles. The van der Waals surface area contributed by atoms with Gasteiger partial charge in [-0.2, -0.15) is 0 Å². The molecule has 0 spiro atoms. The highest BCUT2D eigenvalue weighted by Crippen LogP contribution is 2.42. The van der Waals surface area contributed by atoms with Gasteiger partial charge >= 0.3 is 0 Å². The first-order valence-corrected chi connectivity index (χ1v) is 6.60. The second kappa shape index (κ2) is 5.19. The minimum Gasteiger partial charge on any atom is -0.497 e. The van der Waals surface area contributed by atoms with E-state index >= 15 is 0 Å². The number of benzene rings is 1. The average molecular weight is 249 g/mol. The van der Waals surface area contributed by atoms with Crippen molar-refractivity contribution in [2.45, 2.75) is 38.1 Å². The van der Waals surface area contributed by atoms with Crippen LogP contribution in [0, 0.1) is 5.92 Å². The molecular formula is C15H23NO2. The summed E-state index contributed by atoms with van der Waals surface area (Å²) in [6, 6.07) is 5.93. The van der Waals surface area contributed by atoms with E-state index in [-0.39, 0.29) is 5.54 Å². The van der Waals surface area contributed by atoms with Gasteiger partial charge in [-0.05, 0) is 43.7 Å². The predicted octanol–water partition coefficient (Wildman–Crippen LogP) is 3.07. The molecule has 1 aromatic rings. The molecule has 2 N–H and O–H groups in total. The van der Waals surface area contributed by atoms with E-state index in [1.165, 1.54) is 12.8 Å². The van der Waals surface area contributed by atoms with Crippen LogP contribution in [0.2, 0.25) is 0 Å². The maximum absolute atomic E-state index is 6.59. The summed E-state index contributed by atoms with van der Waals surface area (Å²) in [4.78, 5) is 0. The zero-order valence-corrected chi connectivity index (χ0v) is 11.5. The minimum absolute atomic E-state index is 0.246. The largest absolute Gasteiger partial charge is 0.497 e. The van der Waals surface area contributed by atoms with Crippen molar-refractivity contribution in [3.8, 4) is 11.5 Å². The molecule has 100 valence electrons. The van der Waals surface area contributed by atoms with Gasteiger partial charge in [0.1, 0.15) is 11.5 Å². The van der Waals surface area contributed by atoms with E-state index < -0.39 is 0 Å². The summed E-state index contributed by atoms with van der Waals surface area (Å²) < 4.78 is 10.7. The van der Waals surface area contributed by atoms with Crippen molar-refractivity contribution in [1.82, 2.24) is 0 Å². The fraction of sp³-hybridized carbons (Fsp3) is 0.600. The number of nitrogens with two attached hydrogens (primary N) is 1. The van der Waals surface area contributed by atoms with Gasteiger partial charge in [-0.1, -0.05) is 6.92 Å². The highest BCUT2D eigenvalue weighted by molar-refractivity contribution is 5.44. The highest BCUT2D eigenvalue weighted by atomic mass is 16.5. The van der Waals surface area contributed by atoms with Crippen LogP contribution in [0.4, 0.5) is 0 Å².